The summed E-state index contributed by atoms with van der Waals surface area (Å²) in [6.07, 6.45) is -4.58. The van der Waals surface area contributed by atoms with Crippen LogP contribution in [-0.2, 0) is 19.1 Å². The van der Waals surface area contributed by atoms with Crippen LogP contribution in [-0.4, -0.2) is 67.0 Å². The largest absolute Gasteiger partial charge is 0.508 e. The number of nitrogens with zero attached hydrogens (tertiary/aromatic N) is 1. The van der Waals surface area contributed by atoms with E-state index in [0.29, 0.717) is 26.1 Å². The number of phenols is 1. The van der Waals surface area contributed by atoms with Crippen LogP contribution in [0.4, 0.5) is 13.2 Å². The quantitative estimate of drug-likeness (QED) is 0.647. The van der Waals surface area contributed by atoms with E-state index in [2.05, 4.69) is 0 Å². The number of hydrogen-bond acceptors (Lipinski definition) is 5. The van der Waals surface area contributed by atoms with E-state index in [9.17, 15) is 27.9 Å². The number of piperidine rings is 1. The van der Waals surface area contributed by atoms with Gasteiger partial charge >= 0.3 is 12.1 Å². The van der Waals surface area contributed by atoms with Crippen molar-refractivity contribution in [3.05, 3.63) is 27.7 Å². The summed E-state index contributed by atoms with van der Waals surface area (Å²) < 4.78 is 49.1. The van der Waals surface area contributed by atoms with Crippen LogP contribution >= 0.6 is 23.2 Å². The Morgan fingerprint density at radius 3 is 2.39 bits per heavy atom. The molecule has 2 aliphatic rings. The number of ether oxygens (including phenoxy) is 2. The van der Waals surface area contributed by atoms with Gasteiger partial charge in [-0.2, -0.15) is 13.2 Å². The highest BCUT2D eigenvalue weighted by Gasteiger charge is 2.42. The summed E-state index contributed by atoms with van der Waals surface area (Å²) in [5.74, 6) is -3.20. The van der Waals surface area contributed by atoms with Crippen molar-refractivity contribution < 1.29 is 37.3 Å². The summed E-state index contributed by atoms with van der Waals surface area (Å²) in [7, 11) is 0. The number of carbonyl (C=O) groups is 2. The molecule has 2 saturated heterocycles. The van der Waals surface area contributed by atoms with Crippen molar-refractivity contribution in [2.75, 3.05) is 32.9 Å². The SMILES string of the molecule is O=C(COC1COC1)N1CCC(C(NC(=O)C(F)(F)F)c2cc(Cl)c(Cl)cc2O)CC1. The summed E-state index contributed by atoms with van der Waals surface area (Å²) in [4.78, 5) is 25.5. The smallest absolute Gasteiger partial charge is 0.471 e. The molecular formula is C19H21Cl2F3N2O5. The number of rotatable bonds is 6. The predicted octanol–water partition coefficient (Wildman–Crippen LogP) is 3.07. The van der Waals surface area contributed by atoms with Crippen molar-refractivity contribution in [1.82, 2.24) is 10.2 Å². The van der Waals surface area contributed by atoms with Gasteiger partial charge in [0, 0.05) is 24.7 Å². The molecule has 2 N–H and O–H groups in total. The standard InChI is InChI=1S/C19H21Cl2F3N2O5/c20-13-5-12(15(27)6-14(13)21)17(25-18(29)19(22,23)24)10-1-3-26(4-2-10)16(28)9-31-11-7-30-8-11/h5-6,10-11,17,27H,1-4,7-9H2,(H,25,29). The van der Waals surface area contributed by atoms with E-state index in [4.69, 9.17) is 32.7 Å². The molecule has 2 heterocycles. The molecule has 0 aliphatic carbocycles. The number of aromatic hydroxyl groups is 1. The second-order valence-electron chi connectivity index (χ2n) is 7.46. The lowest BCUT2D eigenvalue weighted by Crippen LogP contribution is -2.47. The van der Waals surface area contributed by atoms with E-state index < -0.39 is 24.0 Å². The van der Waals surface area contributed by atoms with Gasteiger partial charge in [0.25, 0.3) is 0 Å². The number of halogens is 5. The highest BCUT2D eigenvalue weighted by atomic mass is 35.5. The fraction of sp³-hybridized carbons (Fsp3) is 0.579. The highest BCUT2D eigenvalue weighted by molar-refractivity contribution is 6.42. The summed E-state index contributed by atoms with van der Waals surface area (Å²) in [6, 6.07) is 1.20. The first-order valence-electron chi connectivity index (χ1n) is 9.59. The van der Waals surface area contributed by atoms with Gasteiger partial charge in [0.1, 0.15) is 18.5 Å². The molecule has 2 amide bonds. The average Bonchev–Trinajstić information content (AvgIpc) is 2.67. The first-order valence-corrected chi connectivity index (χ1v) is 10.3. The average molecular weight is 485 g/mol. The molecule has 0 spiro atoms. The van der Waals surface area contributed by atoms with Gasteiger partial charge in [-0.15, -0.1) is 0 Å². The molecule has 3 rings (SSSR count). The molecule has 2 aliphatic heterocycles. The van der Waals surface area contributed by atoms with Crippen LogP contribution in [0.15, 0.2) is 12.1 Å². The minimum Gasteiger partial charge on any atom is -0.508 e. The van der Waals surface area contributed by atoms with Crippen LogP contribution in [0, 0.1) is 5.92 Å². The fourth-order valence-corrected chi connectivity index (χ4v) is 3.88. The van der Waals surface area contributed by atoms with Gasteiger partial charge in [0.2, 0.25) is 5.91 Å². The van der Waals surface area contributed by atoms with Crippen LogP contribution in [0.2, 0.25) is 10.0 Å². The van der Waals surface area contributed by atoms with Gasteiger partial charge in [0.05, 0.1) is 29.3 Å². The van der Waals surface area contributed by atoms with E-state index in [1.807, 2.05) is 5.32 Å². The Morgan fingerprint density at radius 2 is 1.84 bits per heavy atom. The van der Waals surface area contributed by atoms with Gasteiger partial charge in [-0.05, 0) is 24.8 Å². The molecule has 31 heavy (non-hydrogen) atoms. The molecule has 1 atom stereocenters. The summed E-state index contributed by atoms with van der Waals surface area (Å²) >= 11 is 11.8. The van der Waals surface area contributed by atoms with Crippen LogP contribution in [0.3, 0.4) is 0 Å². The van der Waals surface area contributed by atoms with Crippen molar-refractivity contribution in [3.8, 4) is 5.75 Å². The Kier molecular flexibility index (Phi) is 7.56. The van der Waals surface area contributed by atoms with Crippen molar-refractivity contribution in [2.45, 2.75) is 31.2 Å². The van der Waals surface area contributed by atoms with Crippen molar-refractivity contribution in [1.29, 1.82) is 0 Å². The zero-order chi connectivity index (χ0) is 22.8. The van der Waals surface area contributed by atoms with Gasteiger partial charge in [0.15, 0.2) is 0 Å². The molecule has 7 nitrogen and oxygen atoms in total. The normalized spacial score (nSPS) is 19.1. The topological polar surface area (TPSA) is 88.1 Å². The first kappa shape index (κ1) is 23.9. The summed E-state index contributed by atoms with van der Waals surface area (Å²) in [5, 5.41) is 12.3. The number of nitrogens with one attached hydrogen (secondary N) is 1. The van der Waals surface area contributed by atoms with Crippen molar-refractivity contribution >= 4 is 35.0 Å². The number of benzene rings is 1. The van der Waals surface area contributed by atoms with Crippen LogP contribution < -0.4 is 5.32 Å². The van der Waals surface area contributed by atoms with Gasteiger partial charge < -0.3 is 24.8 Å². The third kappa shape index (κ3) is 5.94. The van der Waals surface area contributed by atoms with E-state index in [1.54, 1.807) is 4.90 Å². The Labute approximate surface area is 186 Å². The lowest BCUT2D eigenvalue weighted by molar-refractivity contribution is -0.175. The monoisotopic (exact) mass is 484 g/mol. The number of likely N-dealkylation sites (tertiary alicyclic amines) is 1. The minimum absolute atomic E-state index is 0.0288. The Hall–Kier alpha value is -1.75. The van der Waals surface area contributed by atoms with E-state index >= 15 is 0 Å². The zero-order valence-corrected chi connectivity index (χ0v) is 17.8. The van der Waals surface area contributed by atoms with Crippen molar-refractivity contribution in [3.63, 3.8) is 0 Å². The van der Waals surface area contributed by atoms with E-state index in [1.165, 1.54) is 6.07 Å². The second kappa shape index (κ2) is 9.81. The van der Waals surface area contributed by atoms with Gasteiger partial charge in [-0.3, -0.25) is 9.59 Å². The molecule has 1 aromatic rings. The van der Waals surface area contributed by atoms with E-state index in [-0.39, 0.29) is 53.1 Å². The zero-order valence-electron chi connectivity index (χ0n) is 16.3. The molecule has 0 saturated carbocycles. The minimum atomic E-state index is -5.09. The third-order valence-electron chi connectivity index (χ3n) is 5.36. The van der Waals surface area contributed by atoms with Gasteiger partial charge in [-0.1, -0.05) is 23.2 Å². The number of alkyl halides is 3. The molecular weight excluding hydrogens is 464 g/mol. The van der Waals surface area contributed by atoms with Crippen LogP contribution in [0.25, 0.3) is 0 Å². The first-order chi connectivity index (χ1) is 14.6. The molecule has 0 radical (unpaired) electrons. The number of phenolic OH excluding ortho intramolecular Hbond substituents is 1. The molecule has 0 aromatic heterocycles. The van der Waals surface area contributed by atoms with Crippen molar-refractivity contribution in [2.24, 2.45) is 5.92 Å². The molecule has 1 aromatic carbocycles. The number of amides is 2. The maximum atomic E-state index is 12.9. The maximum Gasteiger partial charge on any atom is 0.471 e. The molecule has 172 valence electrons. The van der Waals surface area contributed by atoms with E-state index in [0.717, 1.165) is 6.07 Å². The maximum absolute atomic E-state index is 12.9. The second-order valence-corrected chi connectivity index (χ2v) is 8.28. The Balaban J connectivity index is 1.70. The Morgan fingerprint density at radius 1 is 1.23 bits per heavy atom. The fourth-order valence-electron chi connectivity index (χ4n) is 3.55. The number of hydrogen-bond donors (Lipinski definition) is 2. The summed E-state index contributed by atoms with van der Waals surface area (Å²) in [6.45, 7) is 1.34. The van der Waals surface area contributed by atoms with Crippen LogP contribution in [0.5, 0.6) is 5.75 Å². The summed E-state index contributed by atoms with van der Waals surface area (Å²) in [5.41, 5.74) is 0.0325. The lowest BCUT2D eigenvalue weighted by Gasteiger charge is -2.37. The molecule has 1 unspecified atom stereocenters. The lowest BCUT2D eigenvalue weighted by atomic mass is 9.84. The third-order valence-corrected chi connectivity index (χ3v) is 6.08. The molecule has 12 heteroatoms. The molecule has 2 fully saturated rings. The van der Waals surface area contributed by atoms with Crippen LogP contribution in [0.1, 0.15) is 24.4 Å². The molecule has 0 bridgehead atoms. The highest BCUT2D eigenvalue weighted by Crippen LogP contribution is 2.39. The Bertz CT molecular complexity index is 827. The number of carbonyl (C=O) groups excluding carboxylic acids is 2. The predicted molar refractivity (Wildman–Crippen MR) is 105 cm³/mol. The van der Waals surface area contributed by atoms with Gasteiger partial charge in [-0.25, -0.2) is 0 Å².